The van der Waals surface area contributed by atoms with Crippen LogP contribution in [0.5, 0.6) is 11.5 Å². The molecule has 1 aromatic carbocycles. The molecule has 0 N–H and O–H groups in total. The summed E-state index contributed by atoms with van der Waals surface area (Å²) in [6.45, 7) is 0.247. The molecule has 5 heteroatoms. The molecule has 90 valence electrons. The van der Waals surface area contributed by atoms with Crippen LogP contribution in [0.1, 0.15) is 5.56 Å². The van der Waals surface area contributed by atoms with Gasteiger partial charge in [-0.2, -0.15) is 0 Å². The van der Waals surface area contributed by atoms with Gasteiger partial charge in [0.05, 0.1) is 14.2 Å². The van der Waals surface area contributed by atoms with E-state index in [2.05, 4.69) is 4.99 Å². The minimum Gasteiger partial charge on any atom is -0.493 e. The largest absolute Gasteiger partial charge is 0.493 e. The first-order valence-electron chi connectivity index (χ1n) is 5.16. The highest BCUT2D eigenvalue weighted by molar-refractivity contribution is 5.99. The standard InChI is InChI=1S/C12H13NO4/c1-15-10-4-3-8(5-11(10)16-2)12-13-6-9(14)7-17-12/h3-5H,6-7H2,1-2H3. The third-order valence-corrected chi connectivity index (χ3v) is 2.40. The summed E-state index contributed by atoms with van der Waals surface area (Å²) in [7, 11) is 3.14. The highest BCUT2D eigenvalue weighted by Gasteiger charge is 2.16. The van der Waals surface area contributed by atoms with Crippen molar-refractivity contribution < 1.29 is 19.0 Å². The van der Waals surface area contributed by atoms with Crippen molar-refractivity contribution in [3.63, 3.8) is 0 Å². The van der Waals surface area contributed by atoms with Crippen molar-refractivity contribution in [3.05, 3.63) is 23.8 Å². The molecule has 1 aromatic rings. The smallest absolute Gasteiger partial charge is 0.217 e. The molecule has 1 aliphatic rings. The molecule has 0 amide bonds. The normalized spacial score (nSPS) is 14.9. The highest BCUT2D eigenvalue weighted by atomic mass is 16.5. The van der Waals surface area contributed by atoms with Crippen molar-refractivity contribution in [3.8, 4) is 11.5 Å². The van der Waals surface area contributed by atoms with E-state index in [9.17, 15) is 4.79 Å². The molecule has 1 heterocycles. The van der Waals surface area contributed by atoms with Crippen LogP contribution in [0.4, 0.5) is 0 Å². The Balaban J connectivity index is 2.30. The van der Waals surface area contributed by atoms with Crippen LogP contribution in [0.25, 0.3) is 0 Å². The fraction of sp³-hybridized carbons (Fsp3) is 0.333. The number of ketones is 1. The quantitative estimate of drug-likeness (QED) is 0.785. The average molecular weight is 235 g/mol. The van der Waals surface area contributed by atoms with Gasteiger partial charge in [-0.25, -0.2) is 4.99 Å². The van der Waals surface area contributed by atoms with Crippen LogP contribution >= 0.6 is 0 Å². The molecule has 0 aliphatic carbocycles. The van der Waals surface area contributed by atoms with Gasteiger partial charge in [-0.3, -0.25) is 4.79 Å². The Morgan fingerprint density at radius 1 is 1.24 bits per heavy atom. The van der Waals surface area contributed by atoms with Crippen molar-refractivity contribution in [2.75, 3.05) is 27.4 Å². The van der Waals surface area contributed by atoms with E-state index in [1.807, 2.05) is 6.07 Å². The lowest BCUT2D eigenvalue weighted by Crippen LogP contribution is -2.23. The van der Waals surface area contributed by atoms with E-state index in [0.717, 1.165) is 5.56 Å². The van der Waals surface area contributed by atoms with Gasteiger partial charge in [0.25, 0.3) is 0 Å². The molecule has 0 saturated carbocycles. The molecule has 0 atom stereocenters. The van der Waals surface area contributed by atoms with Crippen molar-refractivity contribution in [1.82, 2.24) is 0 Å². The number of Topliss-reactive ketones (excluding diaryl/α,β-unsaturated/α-hetero) is 1. The summed E-state index contributed by atoms with van der Waals surface area (Å²) in [5, 5.41) is 0. The molecular formula is C12H13NO4. The van der Waals surface area contributed by atoms with Crippen LogP contribution in [0, 0.1) is 0 Å². The molecule has 0 aromatic heterocycles. The summed E-state index contributed by atoms with van der Waals surface area (Å²) in [5.74, 6) is 1.69. The zero-order chi connectivity index (χ0) is 12.3. The second kappa shape index (κ2) is 4.86. The maximum Gasteiger partial charge on any atom is 0.217 e. The molecule has 0 fully saturated rings. The summed E-state index contributed by atoms with van der Waals surface area (Å²) in [5.41, 5.74) is 0.773. The molecule has 0 radical (unpaired) electrons. The molecule has 17 heavy (non-hydrogen) atoms. The number of ether oxygens (including phenoxy) is 3. The maximum atomic E-state index is 11.0. The first-order chi connectivity index (χ1) is 8.24. The Bertz CT molecular complexity index is 468. The Morgan fingerprint density at radius 2 is 2.00 bits per heavy atom. The van der Waals surface area contributed by atoms with Gasteiger partial charge in [0.15, 0.2) is 23.9 Å². The van der Waals surface area contributed by atoms with Gasteiger partial charge in [-0.1, -0.05) is 0 Å². The lowest BCUT2D eigenvalue weighted by atomic mass is 10.2. The Kier molecular flexibility index (Phi) is 3.27. The third-order valence-electron chi connectivity index (χ3n) is 2.40. The molecule has 0 saturated heterocycles. The molecule has 0 bridgehead atoms. The number of benzene rings is 1. The first kappa shape index (κ1) is 11.4. The van der Waals surface area contributed by atoms with Crippen molar-refractivity contribution in [1.29, 1.82) is 0 Å². The number of hydrogen-bond acceptors (Lipinski definition) is 5. The Labute approximate surface area is 99.0 Å². The highest BCUT2D eigenvalue weighted by Crippen LogP contribution is 2.28. The maximum absolute atomic E-state index is 11.0. The zero-order valence-corrected chi connectivity index (χ0v) is 9.73. The summed E-state index contributed by atoms with van der Waals surface area (Å²) in [6, 6.07) is 5.36. The Morgan fingerprint density at radius 3 is 2.59 bits per heavy atom. The second-order valence-corrected chi connectivity index (χ2v) is 3.52. The predicted octanol–water partition coefficient (Wildman–Crippen LogP) is 1.05. The lowest BCUT2D eigenvalue weighted by Gasteiger charge is -2.14. The number of aliphatic imine (C=N–C) groups is 1. The summed E-state index contributed by atoms with van der Waals surface area (Å²) in [4.78, 5) is 15.0. The number of hydrogen-bond donors (Lipinski definition) is 0. The van der Waals surface area contributed by atoms with Crippen LogP contribution < -0.4 is 9.47 Å². The van der Waals surface area contributed by atoms with Gasteiger partial charge in [0.2, 0.25) is 5.90 Å². The van der Waals surface area contributed by atoms with Crippen LogP contribution in [0.15, 0.2) is 23.2 Å². The Hall–Kier alpha value is -2.04. The van der Waals surface area contributed by atoms with Crippen LogP contribution in [0.2, 0.25) is 0 Å². The van der Waals surface area contributed by atoms with E-state index in [4.69, 9.17) is 14.2 Å². The summed E-state index contributed by atoms with van der Waals surface area (Å²) < 4.78 is 15.6. The number of rotatable bonds is 3. The van der Waals surface area contributed by atoms with E-state index < -0.39 is 0 Å². The summed E-state index contributed by atoms with van der Waals surface area (Å²) >= 11 is 0. The number of nitrogens with zero attached hydrogens (tertiary/aromatic N) is 1. The van der Waals surface area contributed by atoms with Crippen molar-refractivity contribution >= 4 is 11.7 Å². The molecular weight excluding hydrogens is 222 g/mol. The molecule has 0 spiro atoms. The number of methoxy groups -OCH3 is 2. The molecule has 1 aliphatic heterocycles. The van der Waals surface area contributed by atoms with E-state index in [-0.39, 0.29) is 18.9 Å². The van der Waals surface area contributed by atoms with Crippen LogP contribution in [-0.4, -0.2) is 39.1 Å². The average Bonchev–Trinajstić information content (AvgIpc) is 2.39. The van der Waals surface area contributed by atoms with Crippen molar-refractivity contribution in [2.24, 2.45) is 4.99 Å². The fourth-order valence-electron chi connectivity index (χ4n) is 1.54. The van der Waals surface area contributed by atoms with E-state index in [0.29, 0.717) is 17.4 Å². The topological polar surface area (TPSA) is 57.1 Å². The van der Waals surface area contributed by atoms with Crippen LogP contribution in [0.3, 0.4) is 0 Å². The SMILES string of the molecule is COc1ccc(C2=NCC(=O)CO2)cc1OC. The molecule has 5 nitrogen and oxygen atoms in total. The van der Waals surface area contributed by atoms with E-state index in [1.54, 1.807) is 26.4 Å². The van der Waals surface area contributed by atoms with Gasteiger partial charge in [0.1, 0.15) is 6.54 Å². The number of carbonyl (C=O) groups excluding carboxylic acids is 1. The summed E-state index contributed by atoms with van der Waals surface area (Å²) in [6.07, 6.45) is 0. The lowest BCUT2D eigenvalue weighted by molar-refractivity contribution is -0.120. The number of carbonyl (C=O) groups is 1. The van der Waals surface area contributed by atoms with E-state index >= 15 is 0 Å². The molecule has 2 rings (SSSR count). The van der Waals surface area contributed by atoms with Crippen molar-refractivity contribution in [2.45, 2.75) is 0 Å². The van der Waals surface area contributed by atoms with Gasteiger partial charge in [-0.05, 0) is 18.2 Å². The first-order valence-corrected chi connectivity index (χ1v) is 5.16. The van der Waals surface area contributed by atoms with Crippen LogP contribution in [-0.2, 0) is 9.53 Å². The minimum absolute atomic E-state index is 0.0192. The monoisotopic (exact) mass is 235 g/mol. The molecule has 0 unspecified atom stereocenters. The van der Waals surface area contributed by atoms with Gasteiger partial charge < -0.3 is 14.2 Å². The van der Waals surface area contributed by atoms with Gasteiger partial charge in [0, 0.05) is 5.56 Å². The third kappa shape index (κ3) is 2.38. The predicted molar refractivity (Wildman–Crippen MR) is 61.9 cm³/mol. The fourth-order valence-corrected chi connectivity index (χ4v) is 1.54. The van der Waals surface area contributed by atoms with Gasteiger partial charge >= 0.3 is 0 Å². The second-order valence-electron chi connectivity index (χ2n) is 3.52. The minimum atomic E-state index is -0.0192. The van der Waals surface area contributed by atoms with Gasteiger partial charge in [-0.15, -0.1) is 0 Å². The zero-order valence-electron chi connectivity index (χ0n) is 9.73. The van der Waals surface area contributed by atoms with E-state index in [1.165, 1.54) is 0 Å².